The first-order chi connectivity index (χ1) is 8.28. The van der Waals surface area contributed by atoms with Gasteiger partial charge in [0.25, 0.3) is 0 Å². The van der Waals surface area contributed by atoms with Crippen molar-refractivity contribution in [1.82, 2.24) is 10.2 Å². The van der Waals surface area contributed by atoms with E-state index in [2.05, 4.69) is 48.5 Å². The fourth-order valence-electron chi connectivity index (χ4n) is 2.15. The number of nitrogens with one attached hydrogen (secondary N) is 1. The monoisotopic (exact) mass is 250 g/mol. The summed E-state index contributed by atoms with van der Waals surface area (Å²) in [6.07, 6.45) is 0. The number of thioether (sulfide) groups is 1. The van der Waals surface area contributed by atoms with E-state index >= 15 is 0 Å². The predicted octanol–water partition coefficient (Wildman–Crippen LogP) is 2.45. The Morgan fingerprint density at radius 1 is 1.29 bits per heavy atom. The molecule has 0 atom stereocenters. The first-order valence-corrected chi connectivity index (χ1v) is 7.37. The highest BCUT2D eigenvalue weighted by Crippen LogP contribution is 2.18. The van der Waals surface area contributed by atoms with Gasteiger partial charge in [-0.05, 0) is 36.4 Å². The number of hydrogen-bond donors (Lipinski definition) is 1. The van der Waals surface area contributed by atoms with Gasteiger partial charge in [-0.1, -0.05) is 19.1 Å². The second-order valence-electron chi connectivity index (χ2n) is 4.80. The van der Waals surface area contributed by atoms with Crippen molar-refractivity contribution in [3.8, 4) is 0 Å². The van der Waals surface area contributed by atoms with E-state index in [1.165, 1.54) is 30.1 Å². The van der Waals surface area contributed by atoms with Gasteiger partial charge in [0, 0.05) is 31.1 Å². The molecule has 0 saturated carbocycles. The molecule has 0 aromatic heterocycles. The first kappa shape index (κ1) is 12.9. The molecule has 17 heavy (non-hydrogen) atoms. The van der Waals surface area contributed by atoms with Crippen LogP contribution < -0.4 is 5.32 Å². The third-order valence-electron chi connectivity index (χ3n) is 3.12. The lowest BCUT2D eigenvalue weighted by atomic mass is 10.0. The maximum atomic E-state index is 3.32. The second-order valence-corrected chi connectivity index (χ2v) is 6.14. The zero-order valence-electron chi connectivity index (χ0n) is 10.8. The molecule has 94 valence electrons. The van der Waals surface area contributed by atoms with E-state index in [9.17, 15) is 0 Å². The summed E-state index contributed by atoms with van der Waals surface area (Å²) in [5.74, 6) is 2.00. The van der Waals surface area contributed by atoms with Gasteiger partial charge < -0.3 is 10.2 Å². The van der Waals surface area contributed by atoms with Crippen LogP contribution in [-0.2, 0) is 6.54 Å². The average molecular weight is 250 g/mol. The zero-order valence-corrected chi connectivity index (χ0v) is 11.6. The summed E-state index contributed by atoms with van der Waals surface area (Å²) >= 11 is 1.90. The van der Waals surface area contributed by atoms with Crippen LogP contribution in [-0.4, -0.2) is 37.3 Å². The molecule has 1 fully saturated rings. The smallest absolute Gasteiger partial charge is 0.0230 e. The quantitative estimate of drug-likeness (QED) is 0.781. The van der Waals surface area contributed by atoms with E-state index in [1.807, 2.05) is 11.8 Å². The normalized spacial score (nSPS) is 16.2. The van der Waals surface area contributed by atoms with Crippen LogP contribution in [0.1, 0.15) is 12.5 Å². The molecule has 3 heteroatoms. The van der Waals surface area contributed by atoms with Gasteiger partial charge in [0.05, 0.1) is 0 Å². The summed E-state index contributed by atoms with van der Waals surface area (Å²) in [7, 11) is 2.22. The highest BCUT2D eigenvalue weighted by Gasteiger charge is 2.18. The van der Waals surface area contributed by atoms with Gasteiger partial charge in [0.15, 0.2) is 0 Å². The van der Waals surface area contributed by atoms with Gasteiger partial charge in [-0.2, -0.15) is 0 Å². The highest BCUT2D eigenvalue weighted by molar-refractivity contribution is 7.99. The standard InChI is InChI=1S/C14H22N2S/c1-3-17-14-6-4-12(5-7-14)10-16(2)11-13-8-15-9-13/h4-7,13,15H,3,8-11H2,1-2H3. The summed E-state index contributed by atoms with van der Waals surface area (Å²) in [6.45, 7) is 6.85. The molecule has 1 aromatic rings. The van der Waals surface area contributed by atoms with Crippen molar-refractivity contribution >= 4 is 11.8 Å². The Labute approximate surface area is 109 Å². The maximum Gasteiger partial charge on any atom is 0.0230 e. The topological polar surface area (TPSA) is 15.3 Å². The molecular weight excluding hydrogens is 228 g/mol. The van der Waals surface area contributed by atoms with E-state index < -0.39 is 0 Å². The highest BCUT2D eigenvalue weighted by atomic mass is 32.2. The average Bonchev–Trinajstić information content (AvgIpc) is 2.27. The number of benzene rings is 1. The van der Waals surface area contributed by atoms with E-state index in [0.717, 1.165) is 18.2 Å². The minimum atomic E-state index is 0.856. The van der Waals surface area contributed by atoms with Crippen molar-refractivity contribution < 1.29 is 0 Å². The van der Waals surface area contributed by atoms with Gasteiger partial charge in [0.1, 0.15) is 0 Å². The largest absolute Gasteiger partial charge is 0.316 e. The summed E-state index contributed by atoms with van der Waals surface area (Å²) in [5.41, 5.74) is 1.42. The Morgan fingerprint density at radius 3 is 2.53 bits per heavy atom. The molecule has 0 unspecified atom stereocenters. The Hall–Kier alpha value is -0.510. The number of nitrogens with zero attached hydrogens (tertiary/aromatic N) is 1. The molecule has 0 radical (unpaired) electrons. The SMILES string of the molecule is CCSc1ccc(CN(C)CC2CNC2)cc1. The summed E-state index contributed by atoms with van der Waals surface area (Å²) in [5, 5.41) is 3.32. The minimum absolute atomic E-state index is 0.856. The van der Waals surface area contributed by atoms with Gasteiger partial charge in [-0.25, -0.2) is 0 Å². The summed E-state index contributed by atoms with van der Waals surface area (Å²) < 4.78 is 0. The van der Waals surface area contributed by atoms with Crippen molar-refractivity contribution in [2.45, 2.75) is 18.4 Å². The minimum Gasteiger partial charge on any atom is -0.316 e. The molecule has 0 amide bonds. The van der Waals surface area contributed by atoms with Crippen LogP contribution in [0.5, 0.6) is 0 Å². The van der Waals surface area contributed by atoms with Crippen molar-refractivity contribution in [2.75, 3.05) is 32.4 Å². The fourth-order valence-corrected chi connectivity index (χ4v) is 2.81. The van der Waals surface area contributed by atoms with Crippen LogP contribution in [0, 0.1) is 5.92 Å². The molecule has 1 N–H and O–H groups in total. The fraction of sp³-hybridized carbons (Fsp3) is 0.571. The van der Waals surface area contributed by atoms with Crippen LogP contribution in [0.2, 0.25) is 0 Å². The first-order valence-electron chi connectivity index (χ1n) is 6.39. The predicted molar refractivity (Wildman–Crippen MR) is 75.5 cm³/mol. The molecule has 1 aliphatic rings. The van der Waals surface area contributed by atoms with E-state index in [-0.39, 0.29) is 0 Å². The Morgan fingerprint density at radius 2 is 2.00 bits per heavy atom. The van der Waals surface area contributed by atoms with E-state index in [1.54, 1.807) is 0 Å². The van der Waals surface area contributed by atoms with Crippen LogP contribution >= 0.6 is 11.8 Å². The molecule has 1 heterocycles. The molecule has 0 bridgehead atoms. The Bertz CT molecular complexity index is 333. The third-order valence-corrected chi connectivity index (χ3v) is 4.02. The lowest BCUT2D eigenvalue weighted by Crippen LogP contribution is -2.47. The molecule has 1 saturated heterocycles. The van der Waals surface area contributed by atoms with Crippen LogP contribution in [0.15, 0.2) is 29.2 Å². The summed E-state index contributed by atoms with van der Waals surface area (Å²) in [4.78, 5) is 3.80. The summed E-state index contributed by atoms with van der Waals surface area (Å²) in [6, 6.07) is 8.99. The van der Waals surface area contributed by atoms with Gasteiger partial charge in [-0.15, -0.1) is 11.8 Å². The second kappa shape index (κ2) is 6.43. The maximum absolute atomic E-state index is 3.32. The van der Waals surface area contributed by atoms with E-state index in [0.29, 0.717) is 0 Å². The van der Waals surface area contributed by atoms with Crippen LogP contribution in [0.25, 0.3) is 0 Å². The van der Waals surface area contributed by atoms with Gasteiger partial charge in [0.2, 0.25) is 0 Å². The molecule has 1 aliphatic heterocycles. The van der Waals surface area contributed by atoms with Crippen molar-refractivity contribution in [2.24, 2.45) is 5.92 Å². The van der Waals surface area contributed by atoms with Gasteiger partial charge >= 0.3 is 0 Å². The lowest BCUT2D eigenvalue weighted by molar-refractivity contribution is 0.218. The number of rotatable bonds is 6. The van der Waals surface area contributed by atoms with Crippen molar-refractivity contribution in [3.63, 3.8) is 0 Å². The third kappa shape index (κ3) is 4.02. The van der Waals surface area contributed by atoms with Crippen molar-refractivity contribution in [3.05, 3.63) is 29.8 Å². The Kier molecular flexibility index (Phi) is 4.89. The molecule has 0 aliphatic carbocycles. The number of hydrogen-bond acceptors (Lipinski definition) is 3. The molecule has 0 spiro atoms. The molecule has 1 aromatic carbocycles. The molecule has 2 rings (SSSR count). The molecular formula is C14H22N2S. The molecule has 2 nitrogen and oxygen atoms in total. The lowest BCUT2D eigenvalue weighted by Gasteiger charge is -2.31. The zero-order chi connectivity index (χ0) is 12.1. The van der Waals surface area contributed by atoms with Gasteiger partial charge in [-0.3, -0.25) is 0 Å². The Balaban J connectivity index is 1.80. The van der Waals surface area contributed by atoms with E-state index in [4.69, 9.17) is 0 Å². The van der Waals surface area contributed by atoms with Crippen LogP contribution in [0.4, 0.5) is 0 Å². The van der Waals surface area contributed by atoms with Crippen molar-refractivity contribution in [1.29, 1.82) is 0 Å². The van der Waals surface area contributed by atoms with Crippen LogP contribution in [0.3, 0.4) is 0 Å².